The number of aryl methyl sites for hydroxylation is 3. The number of fused-ring (bicyclic) bond motifs is 1. The molecule has 3 rings (SSSR count). The van der Waals surface area contributed by atoms with Crippen molar-refractivity contribution in [3.63, 3.8) is 0 Å². The van der Waals surface area contributed by atoms with Gasteiger partial charge in [-0.1, -0.05) is 12.1 Å². The molecule has 1 aromatic heterocycles. The van der Waals surface area contributed by atoms with Gasteiger partial charge in [-0.2, -0.15) is 0 Å². The van der Waals surface area contributed by atoms with Crippen LogP contribution in [0.1, 0.15) is 39.0 Å². The number of aromatic nitrogens is 2. The minimum atomic E-state index is -2.54. The second kappa shape index (κ2) is 6.63. The lowest BCUT2D eigenvalue weighted by molar-refractivity contribution is 0.0950. The molecule has 1 heterocycles. The van der Waals surface area contributed by atoms with Crippen molar-refractivity contribution in [3.8, 4) is 0 Å². The predicted molar refractivity (Wildman–Crippen MR) is 92.8 cm³/mol. The minimum absolute atomic E-state index is 0.0490. The molecule has 0 fully saturated rings. The highest BCUT2D eigenvalue weighted by molar-refractivity contribution is 5.94. The topological polar surface area (TPSA) is 46.9 Å². The minimum Gasteiger partial charge on any atom is -0.348 e. The fourth-order valence-corrected chi connectivity index (χ4v) is 2.98. The number of halogens is 2. The first-order valence-electron chi connectivity index (χ1n) is 7.95. The number of hydrogen-bond acceptors (Lipinski definition) is 2. The lowest BCUT2D eigenvalue weighted by atomic mass is 10.0. The Bertz CT molecular complexity index is 947. The number of benzene rings is 2. The Morgan fingerprint density at radius 1 is 1.20 bits per heavy atom. The molecule has 0 aliphatic heterocycles. The van der Waals surface area contributed by atoms with Crippen molar-refractivity contribution < 1.29 is 13.6 Å². The number of nitrogens with zero attached hydrogens (tertiary/aromatic N) is 2. The molecule has 0 saturated heterocycles. The van der Waals surface area contributed by atoms with E-state index in [0.29, 0.717) is 17.7 Å². The summed E-state index contributed by atoms with van der Waals surface area (Å²) in [5, 5.41) is 2.87. The molecule has 25 heavy (non-hydrogen) atoms. The van der Waals surface area contributed by atoms with Crippen LogP contribution in [0, 0.1) is 13.8 Å². The van der Waals surface area contributed by atoms with Gasteiger partial charge in [-0.25, -0.2) is 13.8 Å². The third-order valence-corrected chi connectivity index (χ3v) is 4.41. The Morgan fingerprint density at radius 3 is 2.64 bits per heavy atom. The number of rotatable bonds is 4. The van der Waals surface area contributed by atoms with E-state index in [4.69, 9.17) is 0 Å². The molecule has 0 aliphatic carbocycles. The van der Waals surface area contributed by atoms with Crippen LogP contribution in [0.4, 0.5) is 8.78 Å². The van der Waals surface area contributed by atoms with E-state index in [9.17, 15) is 13.6 Å². The van der Waals surface area contributed by atoms with Crippen molar-refractivity contribution in [2.24, 2.45) is 7.05 Å². The molecule has 0 spiro atoms. The van der Waals surface area contributed by atoms with Crippen LogP contribution in [0.2, 0.25) is 0 Å². The highest BCUT2D eigenvalue weighted by atomic mass is 19.3. The van der Waals surface area contributed by atoms with Gasteiger partial charge in [0.25, 0.3) is 12.3 Å². The molecule has 1 N–H and O–H groups in total. The molecular formula is C19H19F2N3O. The van der Waals surface area contributed by atoms with Crippen LogP contribution in [0.25, 0.3) is 11.0 Å². The molecule has 0 aliphatic rings. The van der Waals surface area contributed by atoms with Gasteiger partial charge in [0.15, 0.2) is 0 Å². The largest absolute Gasteiger partial charge is 0.348 e. The molecule has 4 nitrogen and oxygen atoms in total. The lowest BCUT2D eigenvalue weighted by Gasteiger charge is -2.12. The van der Waals surface area contributed by atoms with E-state index in [-0.39, 0.29) is 11.5 Å². The van der Waals surface area contributed by atoms with Crippen LogP contribution < -0.4 is 5.32 Å². The predicted octanol–water partition coefficient (Wildman–Crippen LogP) is 4.06. The normalized spacial score (nSPS) is 11.3. The van der Waals surface area contributed by atoms with E-state index in [2.05, 4.69) is 10.3 Å². The maximum Gasteiger partial charge on any atom is 0.264 e. The maximum atomic E-state index is 12.8. The molecule has 0 bridgehead atoms. The summed E-state index contributed by atoms with van der Waals surface area (Å²) in [4.78, 5) is 16.7. The average molecular weight is 343 g/mol. The Labute approximate surface area is 144 Å². The second-order valence-electron chi connectivity index (χ2n) is 6.14. The lowest BCUT2D eigenvalue weighted by Crippen LogP contribution is -2.23. The molecule has 1 amide bonds. The first-order chi connectivity index (χ1) is 11.9. The SMILES string of the molecule is Cc1cc(C(=O)NCc2c(C)ccc3ncn(C)c23)ccc1C(F)F. The number of hydrogen-bond donors (Lipinski definition) is 1. The van der Waals surface area contributed by atoms with E-state index in [1.165, 1.54) is 18.2 Å². The highest BCUT2D eigenvalue weighted by Gasteiger charge is 2.15. The van der Waals surface area contributed by atoms with E-state index >= 15 is 0 Å². The van der Waals surface area contributed by atoms with Gasteiger partial charge in [0.2, 0.25) is 0 Å². The Morgan fingerprint density at radius 2 is 1.96 bits per heavy atom. The summed E-state index contributed by atoms with van der Waals surface area (Å²) in [5.74, 6) is -0.289. The fourth-order valence-electron chi connectivity index (χ4n) is 2.98. The van der Waals surface area contributed by atoms with Gasteiger partial charge in [-0.3, -0.25) is 4.79 Å². The number of amides is 1. The smallest absolute Gasteiger partial charge is 0.264 e. The van der Waals surface area contributed by atoms with E-state index < -0.39 is 6.43 Å². The number of alkyl halides is 2. The first kappa shape index (κ1) is 17.1. The molecule has 0 radical (unpaired) electrons. The Balaban J connectivity index is 1.83. The number of imidazole rings is 1. The summed E-state index contributed by atoms with van der Waals surface area (Å²) >= 11 is 0. The van der Waals surface area contributed by atoms with Gasteiger partial charge in [-0.15, -0.1) is 0 Å². The molecule has 2 aromatic carbocycles. The Kier molecular flexibility index (Phi) is 4.53. The molecule has 3 aromatic rings. The zero-order valence-corrected chi connectivity index (χ0v) is 14.3. The van der Waals surface area contributed by atoms with E-state index in [1.54, 1.807) is 13.3 Å². The second-order valence-corrected chi connectivity index (χ2v) is 6.14. The standard InChI is InChI=1S/C19H19F2N3O/c1-11-4-7-16-17(24(3)10-23-16)15(11)9-22-19(25)13-5-6-14(18(20)21)12(2)8-13/h4-8,10,18H,9H2,1-3H3,(H,22,25). The quantitative estimate of drug-likeness (QED) is 0.777. The summed E-state index contributed by atoms with van der Waals surface area (Å²) in [6.07, 6.45) is -0.802. The van der Waals surface area contributed by atoms with Gasteiger partial charge in [0.1, 0.15) is 0 Å². The summed E-state index contributed by atoms with van der Waals surface area (Å²) in [6.45, 7) is 3.91. The van der Waals surface area contributed by atoms with Crippen LogP contribution >= 0.6 is 0 Å². The monoisotopic (exact) mass is 343 g/mol. The third kappa shape index (κ3) is 3.24. The van der Waals surface area contributed by atoms with Crippen molar-refractivity contribution in [3.05, 3.63) is 64.5 Å². The molecule has 0 saturated carbocycles. The number of nitrogens with one attached hydrogen (secondary N) is 1. The van der Waals surface area contributed by atoms with Gasteiger partial charge < -0.3 is 9.88 Å². The molecule has 130 valence electrons. The van der Waals surface area contributed by atoms with Gasteiger partial charge in [-0.05, 0) is 43.2 Å². The number of carbonyl (C=O) groups is 1. The zero-order valence-electron chi connectivity index (χ0n) is 14.3. The molecule has 0 unspecified atom stereocenters. The van der Waals surface area contributed by atoms with Crippen molar-refractivity contribution in [2.75, 3.05) is 0 Å². The van der Waals surface area contributed by atoms with Crippen LogP contribution in [-0.2, 0) is 13.6 Å². The maximum absolute atomic E-state index is 12.8. The zero-order chi connectivity index (χ0) is 18.1. The van der Waals surface area contributed by atoms with Crippen LogP contribution in [-0.4, -0.2) is 15.5 Å². The van der Waals surface area contributed by atoms with E-state index in [0.717, 1.165) is 22.2 Å². The third-order valence-electron chi connectivity index (χ3n) is 4.41. The highest BCUT2D eigenvalue weighted by Crippen LogP contribution is 2.24. The van der Waals surface area contributed by atoms with Crippen LogP contribution in [0.15, 0.2) is 36.7 Å². The van der Waals surface area contributed by atoms with Crippen molar-refractivity contribution in [1.29, 1.82) is 0 Å². The van der Waals surface area contributed by atoms with E-state index in [1.807, 2.05) is 30.7 Å². The summed E-state index contributed by atoms with van der Waals surface area (Å²) in [7, 11) is 1.91. The fraction of sp³-hybridized carbons (Fsp3) is 0.263. The van der Waals surface area contributed by atoms with Crippen molar-refractivity contribution in [2.45, 2.75) is 26.8 Å². The first-order valence-corrected chi connectivity index (χ1v) is 7.95. The molecular weight excluding hydrogens is 324 g/mol. The van der Waals surface area contributed by atoms with Gasteiger partial charge in [0, 0.05) is 30.3 Å². The summed E-state index contributed by atoms with van der Waals surface area (Å²) in [5.41, 5.74) is 4.63. The molecule has 6 heteroatoms. The molecule has 0 atom stereocenters. The van der Waals surface area contributed by atoms with Crippen molar-refractivity contribution >= 4 is 16.9 Å². The van der Waals surface area contributed by atoms with Crippen molar-refractivity contribution in [1.82, 2.24) is 14.9 Å². The van der Waals surface area contributed by atoms with Gasteiger partial charge >= 0.3 is 0 Å². The summed E-state index contributed by atoms with van der Waals surface area (Å²) in [6, 6.07) is 8.15. The summed E-state index contributed by atoms with van der Waals surface area (Å²) < 4.78 is 27.6. The Hall–Kier alpha value is -2.76. The van der Waals surface area contributed by atoms with Gasteiger partial charge in [0.05, 0.1) is 17.4 Å². The average Bonchev–Trinajstić information content (AvgIpc) is 2.94. The number of carbonyl (C=O) groups excluding carboxylic acids is 1. The van der Waals surface area contributed by atoms with Crippen LogP contribution in [0.3, 0.4) is 0 Å². The van der Waals surface area contributed by atoms with Crippen LogP contribution in [0.5, 0.6) is 0 Å².